The topological polar surface area (TPSA) is 84.7 Å². The Kier molecular flexibility index (Phi) is 4.28. The summed E-state index contributed by atoms with van der Waals surface area (Å²) in [6.45, 7) is 0.573. The van der Waals surface area contributed by atoms with Gasteiger partial charge in [0.25, 0.3) is 5.91 Å². The van der Waals surface area contributed by atoms with E-state index in [1.807, 2.05) is 41.2 Å². The lowest BCUT2D eigenvalue weighted by atomic mass is 10.2. The molecular weight excluding hydrogens is 292 g/mol. The van der Waals surface area contributed by atoms with Gasteiger partial charge in [0, 0.05) is 26.0 Å². The molecule has 1 aromatic carbocycles. The molecule has 0 fully saturated rings. The van der Waals surface area contributed by atoms with Crippen LogP contribution in [0.25, 0.3) is 5.69 Å². The largest absolute Gasteiger partial charge is 0.364 e. The number of hydrogen-bond donors (Lipinski definition) is 2. The third kappa shape index (κ3) is 3.34. The molecule has 2 aromatic heterocycles. The van der Waals surface area contributed by atoms with Crippen LogP contribution in [-0.2, 0) is 6.54 Å². The average molecular weight is 308 g/mol. The van der Waals surface area contributed by atoms with Crippen molar-refractivity contribution in [3.05, 3.63) is 66.1 Å². The first-order chi connectivity index (χ1) is 11.3. The number of nitrogens with zero attached hydrogens (tertiary/aromatic N) is 4. The van der Waals surface area contributed by atoms with Crippen LogP contribution in [-0.4, -0.2) is 32.9 Å². The Bertz CT molecular complexity index is 783. The van der Waals surface area contributed by atoms with Crippen molar-refractivity contribution in [2.75, 3.05) is 12.4 Å². The first kappa shape index (κ1) is 14.7. The highest BCUT2D eigenvalue weighted by molar-refractivity contribution is 5.91. The second-order valence-corrected chi connectivity index (χ2v) is 4.82. The normalized spacial score (nSPS) is 10.3. The van der Waals surface area contributed by atoms with Crippen LogP contribution in [0.3, 0.4) is 0 Å². The van der Waals surface area contributed by atoms with E-state index in [1.165, 1.54) is 0 Å². The number of anilines is 1. The molecule has 7 heteroatoms. The predicted octanol–water partition coefficient (Wildman–Crippen LogP) is 1.63. The second kappa shape index (κ2) is 6.69. The maximum Gasteiger partial charge on any atom is 0.271 e. The molecule has 2 heterocycles. The first-order valence-corrected chi connectivity index (χ1v) is 7.15. The molecule has 0 aliphatic heterocycles. The highest BCUT2D eigenvalue weighted by Gasteiger charge is 2.07. The molecule has 3 rings (SSSR count). The number of carbonyl (C=O) groups is 1. The van der Waals surface area contributed by atoms with E-state index in [2.05, 4.69) is 25.9 Å². The van der Waals surface area contributed by atoms with E-state index in [9.17, 15) is 4.79 Å². The molecule has 23 heavy (non-hydrogen) atoms. The summed E-state index contributed by atoms with van der Waals surface area (Å²) in [5, 5.41) is 17.9. The van der Waals surface area contributed by atoms with E-state index >= 15 is 0 Å². The van der Waals surface area contributed by atoms with Crippen molar-refractivity contribution in [3.8, 4) is 5.69 Å². The number of hydrogen-bond acceptors (Lipinski definition) is 5. The molecule has 116 valence electrons. The van der Waals surface area contributed by atoms with Crippen LogP contribution >= 0.6 is 0 Å². The van der Waals surface area contributed by atoms with E-state index in [0.717, 1.165) is 11.3 Å². The molecule has 7 nitrogen and oxygen atoms in total. The van der Waals surface area contributed by atoms with Crippen LogP contribution in [0, 0.1) is 0 Å². The highest BCUT2D eigenvalue weighted by atomic mass is 16.1. The quantitative estimate of drug-likeness (QED) is 0.748. The summed E-state index contributed by atoms with van der Waals surface area (Å²) in [7, 11) is 1.56. The van der Waals surface area contributed by atoms with Crippen LogP contribution in [0.5, 0.6) is 0 Å². The molecule has 0 saturated heterocycles. The third-order valence-corrected chi connectivity index (χ3v) is 3.33. The van der Waals surface area contributed by atoms with Gasteiger partial charge in [-0.1, -0.05) is 18.2 Å². The molecule has 0 saturated carbocycles. The summed E-state index contributed by atoms with van der Waals surface area (Å²) in [5.41, 5.74) is 2.36. The molecule has 0 aliphatic carbocycles. The third-order valence-electron chi connectivity index (χ3n) is 3.33. The summed E-state index contributed by atoms with van der Waals surface area (Å²) in [4.78, 5) is 11.4. The van der Waals surface area contributed by atoms with E-state index < -0.39 is 0 Å². The minimum absolute atomic E-state index is 0.256. The number of nitrogens with one attached hydrogen (secondary N) is 2. The maximum absolute atomic E-state index is 11.4. The van der Waals surface area contributed by atoms with Gasteiger partial charge in [-0.05, 0) is 29.8 Å². The van der Waals surface area contributed by atoms with Crippen molar-refractivity contribution in [2.24, 2.45) is 0 Å². The summed E-state index contributed by atoms with van der Waals surface area (Å²) in [6, 6.07) is 13.2. The van der Waals surface area contributed by atoms with Crippen molar-refractivity contribution in [1.29, 1.82) is 0 Å². The molecule has 1 amide bonds. The molecular formula is C16H16N6O. The van der Waals surface area contributed by atoms with Gasteiger partial charge in [0.05, 0.1) is 5.69 Å². The van der Waals surface area contributed by atoms with Gasteiger partial charge < -0.3 is 10.6 Å². The van der Waals surface area contributed by atoms with Gasteiger partial charge in [-0.25, -0.2) is 4.68 Å². The molecule has 0 atom stereocenters. The van der Waals surface area contributed by atoms with Crippen LogP contribution in [0.2, 0.25) is 0 Å². The lowest BCUT2D eigenvalue weighted by Gasteiger charge is -2.11. The smallest absolute Gasteiger partial charge is 0.271 e. The Labute approximate surface area is 133 Å². The molecule has 2 N–H and O–H groups in total. The molecule has 3 aromatic rings. The summed E-state index contributed by atoms with van der Waals surface area (Å²) in [6.07, 6.45) is 3.64. The van der Waals surface area contributed by atoms with Gasteiger partial charge in [-0.15, -0.1) is 10.2 Å². The van der Waals surface area contributed by atoms with E-state index in [-0.39, 0.29) is 11.6 Å². The number of aromatic nitrogens is 4. The first-order valence-electron chi connectivity index (χ1n) is 7.15. The Morgan fingerprint density at radius 1 is 1.13 bits per heavy atom. The SMILES string of the molecule is CNC(=O)c1ccc(NCc2ccccc2-n2cccn2)nn1. The number of amides is 1. The van der Waals surface area contributed by atoms with Crippen molar-refractivity contribution in [1.82, 2.24) is 25.3 Å². The minimum Gasteiger partial charge on any atom is -0.364 e. The molecule has 0 aliphatic rings. The zero-order chi connectivity index (χ0) is 16.1. The van der Waals surface area contributed by atoms with E-state index in [0.29, 0.717) is 12.4 Å². The second-order valence-electron chi connectivity index (χ2n) is 4.82. The van der Waals surface area contributed by atoms with Crippen LogP contribution < -0.4 is 10.6 Å². The average Bonchev–Trinajstić information content (AvgIpc) is 3.14. The van der Waals surface area contributed by atoms with Crippen LogP contribution in [0.15, 0.2) is 54.9 Å². The monoisotopic (exact) mass is 308 g/mol. The van der Waals surface area contributed by atoms with Gasteiger partial charge in [-0.2, -0.15) is 5.10 Å². The highest BCUT2D eigenvalue weighted by Crippen LogP contribution is 2.15. The van der Waals surface area contributed by atoms with E-state index in [4.69, 9.17) is 0 Å². The molecule has 0 unspecified atom stereocenters. The zero-order valence-corrected chi connectivity index (χ0v) is 12.6. The lowest BCUT2D eigenvalue weighted by Crippen LogP contribution is -2.19. The van der Waals surface area contributed by atoms with Crippen molar-refractivity contribution in [3.63, 3.8) is 0 Å². The number of rotatable bonds is 5. The van der Waals surface area contributed by atoms with Gasteiger partial charge >= 0.3 is 0 Å². The molecule has 0 bridgehead atoms. The summed E-state index contributed by atoms with van der Waals surface area (Å²) >= 11 is 0. The Balaban J connectivity index is 1.73. The lowest BCUT2D eigenvalue weighted by molar-refractivity contribution is 0.0957. The fourth-order valence-electron chi connectivity index (χ4n) is 2.16. The minimum atomic E-state index is -0.256. The Hall–Kier alpha value is -3.22. The number of benzene rings is 1. The fraction of sp³-hybridized carbons (Fsp3) is 0.125. The van der Waals surface area contributed by atoms with Crippen LogP contribution in [0.4, 0.5) is 5.82 Å². The van der Waals surface area contributed by atoms with Crippen molar-refractivity contribution >= 4 is 11.7 Å². The Morgan fingerprint density at radius 3 is 2.70 bits per heavy atom. The summed E-state index contributed by atoms with van der Waals surface area (Å²) in [5.74, 6) is 0.348. The van der Waals surface area contributed by atoms with Gasteiger partial charge in [-0.3, -0.25) is 4.79 Å². The van der Waals surface area contributed by atoms with Gasteiger partial charge in [0.1, 0.15) is 5.82 Å². The number of carbonyl (C=O) groups excluding carboxylic acids is 1. The van der Waals surface area contributed by atoms with E-state index in [1.54, 1.807) is 25.4 Å². The summed E-state index contributed by atoms with van der Waals surface area (Å²) < 4.78 is 1.82. The van der Waals surface area contributed by atoms with Crippen molar-refractivity contribution in [2.45, 2.75) is 6.54 Å². The number of para-hydroxylation sites is 1. The standard InChI is InChI=1S/C16H16N6O/c1-17-16(23)13-7-8-15(21-20-13)18-11-12-5-2-3-6-14(12)22-10-4-9-19-22/h2-10H,11H2,1H3,(H,17,23)(H,18,21). The van der Waals surface area contributed by atoms with Gasteiger partial charge in [0.2, 0.25) is 0 Å². The zero-order valence-electron chi connectivity index (χ0n) is 12.6. The fourth-order valence-corrected chi connectivity index (χ4v) is 2.16. The predicted molar refractivity (Wildman–Crippen MR) is 86.3 cm³/mol. The maximum atomic E-state index is 11.4. The molecule has 0 radical (unpaired) electrons. The Morgan fingerprint density at radius 2 is 2.00 bits per heavy atom. The van der Waals surface area contributed by atoms with Crippen molar-refractivity contribution < 1.29 is 4.79 Å². The molecule has 0 spiro atoms. The van der Waals surface area contributed by atoms with Gasteiger partial charge in [0.15, 0.2) is 5.69 Å². The van der Waals surface area contributed by atoms with Crippen LogP contribution in [0.1, 0.15) is 16.1 Å².